The van der Waals surface area contributed by atoms with E-state index in [0.29, 0.717) is 12.5 Å². The minimum atomic E-state index is -0.614. The average Bonchev–Trinajstić information content (AvgIpc) is 3.70. The molecule has 1 aromatic heterocycles. The second-order valence-electron chi connectivity index (χ2n) is 16.8. The summed E-state index contributed by atoms with van der Waals surface area (Å²) in [6, 6.07) is 6.78. The summed E-state index contributed by atoms with van der Waals surface area (Å²) < 4.78 is 41.9. The van der Waals surface area contributed by atoms with Gasteiger partial charge in [-0.2, -0.15) is 0 Å². The van der Waals surface area contributed by atoms with Crippen molar-refractivity contribution in [3.8, 4) is 0 Å². The number of hydrogen-bond acceptors (Lipinski definition) is 8. The molecular weight excluding hydrogens is 598 g/mol. The summed E-state index contributed by atoms with van der Waals surface area (Å²) >= 11 is 0. The molecule has 5 fully saturated rings. The SMILES string of the molecule is CC1(C)OB(B2OC(C)(C)C(C)(CCC3(C)OB(c4ccc5nc(C6CCCN6PC6CCC6)[nH]c5c4)OC3(C)C)O2)OC1(C)C. The minimum Gasteiger partial charge on any atom is -0.405 e. The van der Waals surface area contributed by atoms with Crippen LogP contribution in [0.3, 0.4) is 0 Å². The summed E-state index contributed by atoms with van der Waals surface area (Å²) in [5.74, 6) is 1.10. The first-order valence-electron chi connectivity index (χ1n) is 17.5. The molecule has 5 aliphatic rings. The first-order valence-corrected chi connectivity index (χ1v) is 18.5. The van der Waals surface area contributed by atoms with Crippen molar-refractivity contribution in [2.75, 3.05) is 6.54 Å². The van der Waals surface area contributed by atoms with Gasteiger partial charge in [-0.3, -0.25) is 4.67 Å². The highest BCUT2D eigenvalue weighted by Crippen LogP contribution is 2.49. The van der Waals surface area contributed by atoms with Crippen molar-refractivity contribution in [2.45, 2.75) is 159 Å². The highest BCUT2D eigenvalue weighted by molar-refractivity contribution is 7.36. The van der Waals surface area contributed by atoms with Crippen LogP contribution < -0.4 is 5.46 Å². The lowest BCUT2D eigenvalue weighted by Crippen LogP contribution is -2.50. The van der Waals surface area contributed by atoms with Gasteiger partial charge in [-0.05, 0) is 140 Å². The molecule has 7 rings (SSSR count). The van der Waals surface area contributed by atoms with Gasteiger partial charge in [0.25, 0.3) is 0 Å². The van der Waals surface area contributed by atoms with Crippen LogP contribution in [0.4, 0.5) is 0 Å². The topological polar surface area (TPSA) is 87.3 Å². The molecule has 1 N–H and O–H groups in total. The van der Waals surface area contributed by atoms with E-state index in [0.717, 1.165) is 43.1 Å². The summed E-state index contributed by atoms with van der Waals surface area (Å²) in [4.78, 5) is 8.73. The van der Waals surface area contributed by atoms with Crippen LogP contribution in [0.1, 0.15) is 126 Å². The van der Waals surface area contributed by atoms with E-state index in [2.05, 4.69) is 69.4 Å². The zero-order chi connectivity index (χ0) is 32.9. The van der Waals surface area contributed by atoms with E-state index in [1.54, 1.807) is 0 Å². The summed E-state index contributed by atoms with van der Waals surface area (Å²) in [6.45, 7) is 22.1. The molecule has 250 valence electrons. The van der Waals surface area contributed by atoms with E-state index in [1.807, 2.05) is 27.7 Å². The highest BCUT2D eigenvalue weighted by atomic mass is 31.1. The van der Waals surface area contributed by atoms with Crippen molar-refractivity contribution in [1.29, 1.82) is 0 Å². The van der Waals surface area contributed by atoms with Gasteiger partial charge < -0.3 is 32.9 Å². The Bertz CT molecular complexity index is 1450. The Morgan fingerprint density at radius 1 is 0.761 bits per heavy atom. The zero-order valence-electron chi connectivity index (χ0n) is 29.6. The standard InChI is InChI=1S/C33H53B3N3O6P/c1-28(2)29(3,4)42-35(41-28)36-43-31(7,8)33(10,45-36)19-18-32(9)30(5,6)40-34(44-32)22-16-17-24-25(21-22)38-27(37-24)26-15-12-20-39(26)46-23-13-11-14-23/h16-17,21,23,26,46H,11-15,18-20H2,1-10H3,(H,37,38). The molecule has 1 aromatic carbocycles. The molecule has 5 heterocycles. The van der Waals surface area contributed by atoms with Crippen LogP contribution in [0.25, 0.3) is 11.0 Å². The smallest absolute Gasteiger partial charge is 0.405 e. The molecule has 0 bridgehead atoms. The Morgan fingerprint density at radius 2 is 1.37 bits per heavy atom. The molecular formula is C33H53B3N3O6P. The van der Waals surface area contributed by atoms with Crippen molar-refractivity contribution in [2.24, 2.45) is 0 Å². The third kappa shape index (κ3) is 5.65. The van der Waals surface area contributed by atoms with Crippen LogP contribution in [0.2, 0.25) is 0 Å². The maximum Gasteiger partial charge on any atom is 0.494 e. The summed E-state index contributed by atoms with van der Waals surface area (Å²) in [6.07, 6.45) is 8.04. The van der Waals surface area contributed by atoms with Crippen LogP contribution in [0, 0.1) is 0 Å². The second-order valence-corrected chi connectivity index (χ2v) is 18.4. The van der Waals surface area contributed by atoms with E-state index in [1.165, 1.54) is 38.6 Å². The van der Waals surface area contributed by atoms with Gasteiger partial charge in [0.05, 0.1) is 50.7 Å². The largest absolute Gasteiger partial charge is 0.494 e. The Kier molecular flexibility index (Phi) is 8.22. The molecule has 0 amide bonds. The average molecular weight is 651 g/mol. The molecule has 4 saturated heterocycles. The molecule has 2 aromatic rings. The molecule has 0 spiro atoms. The van der Waals surface area contributed by atoms with Crippen LogP contribution in [0.5, 0.6) is 0 Å². The van der Waals surface area contributed by atoms with Gasteiger partial charge in [0.2, 0.25) is 0 Å². The summed E-state index contributed by atoms with van der Waals surface area (Å²) in [5, 5.41) is 0. The Balaban J connectivity index is 1.03. The third-order valence-corrected chi connectivity index (χ3v) is 14.3. The lowest BCUT2D eigenvalue weighted by molar-refractivity contribution is -0.0576. The van der Waals surface area contributed by atoms with Gasteiger partial charge in [0, 0.05) is 6.54 Å². The summed E-state index contributed by atoms with van der Waals surface area (Å²) in [5.41, 5.74) is 0.818. The predicted molar refractivity (Wildman–Crippen MR) is 186 cm³/mol. The molecule has 1 aliphatic carbocycles. The summed E-state index contributed by atoms with van der Waals surface area (Å²) in [7, 11) is -0.757. The van der Waals surface area contributed by atoms with Gasteiger partial charge in [0.15, 0.2) is 0 Å². The second kappa shape index (κ2) is 11.3. The van der Waals surface area contributed by atoms with Gasteiger partial charge in [0.1, 0.15) is 5.82 Å². The molecule has 4 unspecified atom stereocenters. The van der Waals surface area contributed by atoms with Crippen LogP contribution in [-0.4, -0.2) is 81.6 Å². The number of H-pyrrole nitrogens is 1. The zero-order valence-corrected chi connectivity index (χ0v) is 30.6. The number of nitrogens with one attached hydrogen (secondary N) is 1. The number of hydrogen-bond donors (Lipinski definition) is 1. The minimum absolute atomic E-state index is 0.396. The van der Waals surface area contributed by atoms with E-state index in [4.69, 9.17) is 32.9 Å². The van der Waals surface area contributed by atoms with Crippen LogP contribution in [-0.2, 0) is 27.9 Å². The molecule has 4 aliphatic heterocycles. The van der Waals surface area contributed by atoms with Crippen molar-refractivity contribution in [3.05, 3.63) is 24.0 Å². The Morgan fingerprint density at radius 3 is 2.02 bits per heavy atom. The molecule has 9 nitrogen and oxygen atoms in total. The number of imidazole rings is 1. The highest BCUT2D eigenvalue weighted by Gasteiger charge is 2.65. The third-order valence-electron chi connectivity index (χ3n) is 12.5. The maximum absolute atomic E-state index is 6.83. The molecule has 0 radical (unpaired) electrons. The number of aromatic amines is 1. The Hall–Kier alpha value is -0.965. The predicted octanol–water partition coefficient (Wildman–Crippen LogP) is 6.15. The van der Waals surface area contributed by atoms with Gasteiger partial charge in [-0.1, -0.05) is 12.5 Å². The Labute approximate surface area is 278 Å². The van der Waals surface area contributed by atoms with Crippen LogP contribution in [0.15, 0.2) is 18.2 Å². The van der Waals surface area contributed by atoms with E-state index >= 15 is 0 Å². The van der Waals surface area contributed by atoms with Crippen molar-refractivity contribution in [1.82, 2.24) is 14.6 Å². The van der Waals surface area contributed by atoms with E-state index in [-0.39, 0.29) is 0 Å². The normalized spacial score (nSPS) is 34.1. The van der Waals surface area contributed by atoms with Gasteiger partial charge in [-0.15, -0.1) is 0 Å². The van der Waals surface area contributed by atoms with Gasteiger partial charge in [-0.25, -0.2) is 4.98 Å². The fraction of sp³-hybridized carbons (Fsp3) is 0.788. The van der Waals surface area contributed by atoms with Gasteiger partial charge >= 0.3 is 21.1 Å². The molecule has 1 saturated carbocycles. The first-order chi connectivity index (χ1) is 21.4. The van der Waals surface area contributed by atoms with E-state index < -0.39 is 54.7 Å². The maximum atomic E-state index is 6.83. The quantitative estimate of drug-likeness (QED) is 0.269. The number of rotatable bonds is 8. The first kappa shape index (κ1) is 33.5. The van der Waals surface area contributed by atoms with Crippen molar-refractivity contribution < 1.29 is 27.9 Å². The number of benzene rings is 1. The van der Waals surface area contributed by atoms with E-state index in [9.17, 15) is 0 Å². The van der Waals surface area contributed by atoms with Crippen molar-refractivity contribution in [3.63, 3.8) is 0 Å². The van der Waals surface area contributed by atoms with Crippen molar-refractivity contribution >= 4 is 46.4 Å². The molecule has 4 atom stereocenters. The monoisotopic (exact) mass is 651 g/mol. The molecule has 46 heavy (non-hydrogen) atoms. The fourth-order valence-electron chi connectivity index (χ4n) is 7.40. The molecule has 13 heteroatoms. The lowest BCUT2D eigenvalue weighted by atomic mass is 9.49. The fourth-order valence-corrected chi connectivity index (χ4v) is 9.26. The number of aromatic nitrogens is 2. The number of fused-ring (bicyclic) bond motifs is 1. The number of nitrogens with zero attached hydrogens (tertiary/aromatic N) is 2. The van der Waals surface area contributed by atoms with Crippen LogP contribution >= 0.6 is 8.73 Å². The lowest BCUT2D eigenvalue weighted by Gasteiger charge is -2.42.